The second-order valence-electron chi connectivity index (χ2n) is 4.38. The van der Waals surface area contributed by atoms with Crippen molar-refractivity contribution < 1.29 is 9.53 Å². The van der Waals surface area contributed by atoms with Crippen molar-refractivity contribution in [2.24, 2.45) is 0 Å². The number of nitrogens with one attached hydrogen (secondary N) is 1. The van der Waals surface area contributed by atoms with Crippen molar-refractivity contribution in [1.29, 1.82) is 0 Å². The van der Waals surface area contributed by atoms with Crippen molar-refractivity contribution in [2.75, 3.05) is 24.8 Å². The lowest BCUT2D eigenvalue weighted by molar-refractivity contribution is -0.113. The Kier molecular flexibility index (Phi) is 6.98. The average molecular weight is 396 g/mol. The van der Waals surface area contributed by atoms with Gasteiger partial charge in [-0.15, -0.1) is 10.2 Å². The minimum Gasteiger partial charge on any atom is -0.383 e. The first-order chi connectivity index (χ1) is 11.0. The molecule has 1 amide bonds. The number of amides is 1. The number of rotatable bonds is 7. The zero-order valence-electron chi connectivity index (χ0n) is 12.1. The summed E-state index contributed by atoms with van der Waals surface area (Å²) in [4.78, 5) is 12.1. The second-order valence-corrected chi connectivity index (χ2v) is 6.57. The molecule has 0 saturated heterocycles. The molecule has 23 heavy (non-hydrogen) atoms. The molecule has 0 bridgehead atoms. The quantitative estimate of drug-likeness (QED) is 0.725. The molecule has 124 valence electrons. The molecule has 1 heterocycles. The fraction of sp³-hybridized carbons (Fsp3) is 0.308. The van der Waals surface area contributed by atoms with Gasteiger partial charge in [-0.05, 0) is 12.1 Å². The van der Waals surface area contributed by atoms with Gasteiger partial charge in [-0.3, -0.25) is 4.79 Å². The van der Waals surface area contributed by atoms with Crippen LogP contribution in [-0.2, 0) is 16.1 Å². The van der Waals surface area contributed by atoms with E-state index < -0.39 is 0 Å². The number of aromatic nitrogens is 3. The maximum absolute atomic E-state index is 12.1. The molecule has 0 atom stereocenters. The summed E-state index contributed by atoms with van der Waals surface area (Å²) >= 11 is 19.1. The Hall–Kier alpha value is -0.990. The fourth-order valence-corrected chi connectivity index (χ4v) is 3.32. The molecule has 0 radical (unpaired) electrons. The van der Waals surface area contributed by atoms with E-state index in [9.17, 15) is 4.79 Å². The molecule has 0 aliphatic carbocycles. The van der Waals surface area contributed by atoms with Gasteiger partial charge in [0.25, 0.3) is 0 Å². The van der Waals surface area contributed by atoms with E-state index in [1.54, 1.807) is 13.4 Å². The number of hydrogen-bond acceptors (Lipinski definition) is 5. The number of methoxy groups -OCH3 is 1. The summed E-state index contributed by atoms with van der Waals surface area (Å²) in [7, 11) is 1.62. The lowest BCUT2D eigenvalue weighted by atomic mass is 10.3. The summed E-state index contributed by atoms with van der Waals surface area (Å²) < 4.78 is 6.81. The smallest absolute Gasteiger partial charge is 0.234 e. The zero-order valence-corrected chi connectivity index (χ0v) is 15.1. The highest BCUT2D eigenvalue weighted by Crippen LogP contribution is 2.33. The van der Waals surface area contributed by atoms with Crippen LogP contribution in [0.1, 0.15) is 0 Å². The molecular formula is C13H13Cl3N4O2S. The Bertz CT molecular complexity index is 673. The number of thioether (sulfide) groups is 1. The topological polar surface area (TPSA) is 69.0 Å². The van der Waals surface area contributed by atoms with E-state index >= 15 is 0 Å². The van der Waals surface area contributed by atoms with Crippen molar-refractivity contribution in [3.05, 3.63) is 33.5 Å². The lowest BCUT2D eigenvalue weighted by Gasteiger charge is -2.10. The summed E-state index contributed by atoms with van der Waals surface area (Å²) in [5.74, 6) is -0.122. The molecule has 1 N–H and O–H groups in total. The van der Waals surface area contributed by atoms with Crippen molar-refractivity contribution >= 4 is 58.2 Å². The molecule has 0 fully saturated rings. The van der Waals surface area contributed by atoms with E-state index in [1.807, 2.05) is 4.57 Å². The summed E-state index contributed by atoms with van der Waals surface area (Å²) in [6, 6.07) is 3.03. The van der Waals surface area contributed by atoms with Gasteiger partial charge in [0, 0.05) is 18.7 Å². The number of nitrogens with zero attached hydrogens (tertiary/aromatic N) is 3. The van der Waals surface area contributed by atoms with E-state index in [1.165, 1.54) is 23.9 Å². The second kappa shape index (κ2) is 8.75. The van der Waals surface area contributed by atoms with Crippen LogP contribution in [0.4, 0.5) is 5.69 Å². The summed E-state index contributed by atoms with van der Waals surface area (Å²) in [6.45, 7) is 1.15. The lowest BCUT2D eigenvalue weighted by Crippen LogP contribution is -2.15. The molecule has 0 aliphatic heterocycles. The molecule has 0 saturated carbocycles. The zero-order chi connectivity index (χ0) is 16.8. The van der Waals surface area contributed by atoms with E-state index in [0.717, 1.165) is 0 Å². The highest BCUT2D eigenvalue weighted by atomic mass is 35.5. The van der Waals surface area contributed by atoms with Crippen molar-refractivity contribution in [1.82, 2.24) is 14.8 Å². The molecular weight excluding hydrogens is 383 g/mol. The third-order valence-corrected chi connectivity index (χ3v) is 4.52. The first-order valence-corrected chi connectivity index (χ1v) is 8.57. The van der Waals surface area contributed by atoms with Crippen LogP contribution in [-0.4, -0.2) is 40.1 Å². The normalized spacial score (nSPS) is 10.8. The maximum atomic E-state index is 12.1. The monoisotopic (exact) mass is 394 g/mol. The van der Waals surface area contributed by atoms with Gasteiger partial charge >= 0.3 is 0 Å². The van der Waals surface area contributed by atoms with Gasteiger partial charge in [0.15, 0.2) is 5.16 Å². The Labute approximate surface area is 152 Å². The van der Waals surface area contributed by atoms with Crippen LogP contribution in [0, 0.1) is 0 Å². The fourth-order valence-electron chi connectivity index (χ4n) is 1.67. The standard InChI is InChI=1S/C13H13Cl3N4O2S/c1-22-3-2-20-7-17-19-13(20)23-6-11(21)18-12-9(15)4-8(14)5-10(12)16/h4-5,7H,2-3,6H2,1H3,(H,18,21). The first-order valence-electron chi connectivity index (χ1n) is 6.45. The number of ether oxygens (including phenoxy) is 1. The molecule has 2 aromatic rings. The summed E-state index contributed by atoms with van der Waals surface area (Å²) in [5.41, 5.74) is 0.337. The molecule has 10 heteroatoms. The van der Waals surface area contributed by atoms with Crippen LogP contribution < -0.4 is 5.32 Å². The first kappa shape index (κ1) is 18.4. The van der Waals surface area contributed by atoms with Crippen LogP contribution in [0.2, 0.25) is 15.1 Å². The van der Waals surface area contributed by atoms with Crippen LogP contribution >= 0.6 is 46.6 Å². The SMILES string of the molecule is COCCn1cnnc1SCC(=O)Nc1c(Cl)cc(Cl)cc1Cl. The van der Waals surface area contributed by atoms with Gasteiger partial charge in [-0.1, -0.05) is 46.6 Å². The van der Waals surface area contributed by atoms with Gasteiger partial charge in [-0.25, -0.2) is 0 Å². The van der Waals surface area contributed by atoms with E-state index in [2.05, 4.69) is 15.5 Å². The van der Waals surface area contributed by atoms with Gasteiger partial charge < -0.3 is 14.6 Å². The Morgan fingerprint density at radius 3 is 2.70 bits per heavy atom. The number of carbonyl (C=O) groups excluding carboxylic acids is 1. The summed E-state index contributed by atoms with van der Waals surface area (Å²) in [6.07, 6.45) is 1.59. The highest BCUT2D eigenvalue weighted by molar-refractivity contribution is 7.99. The maximum Gasteiger partial charge on any atom is 0.234 e. The third-order valence-electron chi connectivity index (χ3n) is 2.72. The Morgan fingerprint density at radius 1 is 1.35 bits per heavy atom. The number of hydrogen-bond donors (Lipinski definition) is 1. The van der Waals surface area contributed by atoms with E-state index in [4.69, 9.17) is 39.5 Å². The number of carbonyl (C=O) groups is 1. The van der Waals surface area contributed by atoms with E-state index in [0.29, 0.717) is 29.0 Å². The molecule has 6 nitrogen and oxygen atoms in total. The van der Waals surface area contributed by atoms with Crippen molar-refractivity contribution in [3.63, 3.8) is 0 Å². The van der Waals surface area contributed by atoms with E-state index in [-0.39, 0.29) is 21.7 Å². The van der Waals surface area contributed by atoms with Gasteiger partial charge in [0.1, 0.15) is 6.33 Å². The molecule has 0 aliphatic rings. The Balaban J connectivity index is 1.95. The number of anilines is 1. The average Bonchev–Trinajstić information content (AvgIpc) is 2.94. The Morgan fingerprint density at radius 2 is 2.04 bits per heavy atom. The minimum atomic E-state index is -0.262. The number of benzene rings is 1. The van der Waals surface area contributed by atoms with Crippen molar-refractivity contribution in [2.45, 2.75) is 11.7 Å². The van der Waals surface area contributed by atoms with Gasteiger partial charge in [0.2, 0.25) is 5.91 Å². The molecule has 0 spiro atoms. The van der Waals surface area contributed by atoms with Gasteiger partial charge in [-0.2, -0.15) is 0 Å². The van der Waals surface area contributed by atoms with Crippen LogP contribution in [0.25, 0.3) is 0 Å². The predicted molar refractivity (Wildman–Crippen MR) is 92.7 cm³/mol. The molecule has 2 rings (SSSR count). The van der Waals surface area contributed by atoms with Crippen LogP contribution in [0.5, 0.6) is 0 Å². The molecule has 1 aromatic heterocycles. The van der Waals surface area contributed by atoms with Gasteiger partial charge in [0.05, 0.1) is 28.1 Å². The molecule has 1 aromatic carbocycles. The summed E-state index contributed by atoms with van der Waals surface area (Å²) in [5, 5.41) is 12.0. The molecule has 0 unspecified atom stereocenters. The van der Waals surface area contributed by atoms with Crippen LogP contribution in [0.15, 0.2) is 23.6 Å². The third kappa shape index (κ3) is 5.26. The highest BCUT2D eigenvalue weighted by Gasteiger charge is 2.13. The van der Waals surface area contributed by atoms with Crippen LogP contribution in [0.3, 0.4) is 0 Å². The van der Waals surface area contributed by atoms with Crippen molar-refractivity contribution in [3.8, 4) is 0 Å². The largest absolute Gasteiger partial charge is 0.383 e. The number of halogens is 3. The minimum absolute atomic E-state index is 0.140. The predicted octanol–water partition coefficient (Wildman–Crippen LogP) is 3.62.